The highest BCUT2D eigenvalue weighted by Gasteiger charge is 2.04. The van der Waals surface area contributed by atoms with Crippen LogP contribution in [0.4, 0.5) is 0 Å². The van der Waals surface area contributed by atoms with Crippen molar-refractivity contribution in [3.05, 3.63) is 24.4 Å². The molecule has 0 saturated carbocycles. The Morgan fingerprint density at radius 3 is 2.57 bits per heavy atom. The van der Waals surface area contributed by atoms with Crippen molar-refractivity contribution >= 4 is 5.91 Å². The molecule has 0 aromatic carbocycles. The van der Waals surface area contributed by atoms with Crippen LogP contribution in [0, 0.1) is 0 Å². The first-order chi connectivity index (χ1) is 3.30. The maximum Gasteiger partial charge on any atom is 0.254 e. The summed E-state index contributed by atoms with van der Waals surface area (Å²) in [6, 6.07) is 0. The molecule has 0 aromatic heterocycles. The minimum Gasteiger partial charge on any atom is -0.329 e. The molecule has 36 valence electrons. The van der Waals surface area contributed by atoms with Gasteiger partial charge in [0.05, 0.1) is 0 Å². The van der Waals surface area contributed by atoms with Gasteiger partial charge in [-0.2, -0.15) is 0 Å². The zero-order chi connectivity index (χ0) is 5.28. The fourth-order valence-electron chi connectivity index (χ4n) is 0.386. The molecule has 2 heteroatoms. The molecule has 1 N–H and O–H groups in total. The molecule has 1 aliphatic rings. The average Bonchev–Trinajstić information content (AvgIpc) is 1.91. The van der Waals surface area contributed by atoms with E-state index in [0.29, 0.717) is 5.57 Å². The van der Waals surface area contributed by atoms with E-state index in [1.165, 1.54) is 0 Å². The SMILES string of the molecule is C=C1C=CNC1=O. The van der Waals surface area contributed by atoms with E-state index in [2.05, 4.69) is 11.9 Å². The van der Waals surface area contributed by atoms with E-state index in [0.717, 1.165) is 0 Å². The zero-order valence-corrected chi connectivity index (χ0v) is 3.77. The van der Waals surface area contributed by atoms with Gasteiger partial charge in [-0.25, -0.2) is 0 Å². The third-order valence-electron chi connectivity index (χ3n) is 0.791. The van der Waals surface area contributed by atoms with Crippen LogP contribution in [0.1, 0.15) is 0 Å². The molecule has 0 spiro atoms. The first kappa shape index (κ1) is 4.12. The molecular formula is C5H5NO. The number of nitrogens with one attached hydrogen (secondary N) is 1. The van der Waals surface area contributed by atoms with E-state index in [-0.39, 0.29) is 5.91 Å². The van der Waals surface area contributed by atoms with Crippen LogP contribution in [0.25, 0.3) is 0 Å². The Balaban J connectivity index is 2.81. The van der Waals surface area contributed by atoms with Crippen molar-refractivity contribution in [2.24, 2.45) is 0 Å². The zero-order valence-electron chi connectivity index (χ0n) is 3.77. The van der Waals surface area contributed by atoms with Crippen molar-refractivity contribution in [3.8, 4) is 0 Å². The van der Waals surface area contributed by atoms with Gasteiger partial charge in [-0.3, -0.25) is 4.79 Å². The van der Waals surface area contributed by atoms with Crippen molar-refractivity contribution in [1.82, 2.24) is 5.32 Å². The molecule has 0 atom stereocenters. The first-order valence-corrected chi connectivity index (χ1v) is 1.97. The van der Waals surface area contributed by atoms with E-state index >= 15 is 0 Å². The normalized spacial score (nSPS) is 17.7. The average molecular weight is 95.1 g/mol. The standard InChI is InChI=1S/C5H5NO/c1-4-2-3-6-5(4)7/h2-3H,1H2,(H,6,7). The van der Waals surface area contributed by atoms with Crippen LogP contribution >= 0.6 is 0 Å². The molecule has 0 saturated heterocycles. The topological polar surface area (TPSA) is 29.1 Å². The molecule has 0 aromatic rings. The van der Waals surface area contributed by atoms with Gasteiger partial charge in [0.2, 0.25) is 0 Å². The van der Waals surface area contributed by atoms with Crippen LogP contribution in [-0.2, 0) is 4.79 Å². The molecule has 0 unspecified atom stereocenters. The summed E-state index contributed by atoms with van der Waals surface area (Å²) in [5.74, 6) is -0.0972. The van der Waals surface area contributed by atoms with E-state index in [1.54, 1.807) is 12.3 Å². The van der Waals surface area contributed by atoms with Crippen LogP contribution in [0.3, 0.4) is 0 Å². The summed E-state index contributed by atoms with van der Waals surface area (Å²) >= 11 is 0. The van der Waals surface area contributed by atoms with Crippen LogP contribution in [0.15, 0.2) is 24.4 Å². The Hall–Kier alpha value is -1.05. The Bertz CT molecular complexity index is 146. The lowest BCUT2D eigenvalue weighted by Gasteiger charge is -1.83. The lowest BCUT2D eigenvalue weighted by molar-refractivity contribution is -0.115. The van der Waals surface area contributed by atoms with E-state index in [1.807, 2.05) is 0 Å². The lowest BCUT2D eigenvalue weighted by atomic mass is 10.3. The Kier molecular flexibility index (Phi) is 0.719. The lowest BCUT2D eigenvalue weighted by Crippen LogP contribution is -2.10. The fraction of sp³-hybridized carbons (Fsp3) is 0. The van der Waals surface area contributed by atoms with Crippen molar-refractivity contribution < 1.29 is 4.79 Å². The van der Waals surface area contributed by atoms with Gasteiger partial charge in [-0.05, 0) is 6.08 Å². The molecule has 1 rings (SSSR count). The first-order valence-electron chi connectivity index (χ1n) is 1.97. The maximum absolute atomic E-state index is 10.3. The minimum atomic E-state index is -0.0972. The van der Waals surface area contributed by atoms with Gasteiger partial charge in [0, 0.05) is 11.8 Å². The summed E-state index contributed by atoms with van der Waals surface area (Å²) in [6.45, 7) is 3.44. The van der Waals surface area contributed by atoms with Crippen LogP contribution < -0.4 is 5.32 Å². The van der Waals surface area contributed by atoms with Crippen LogP contribution in [0.2, 0.25) is 0 Å². The largest absolute Gasteiger partial charge is 0.329 e. The monoisotopic (exact) mass is 95.0 g/mol. The van der Waals surface area contributed by atoms with Gasteiger partial charge < -0.3 is 5.32 Å². The number of carbonyl (C=O) groups is 1. The quantitative estimate of drug-likeness (QED) is 0.427. The smallest absolute Gasteiger partial charge is 0.254 e. The third kappa shape index (κ3) is 0.538. The molecule has 1 amide bonds. The van der Waals surface area contributed by atoms with E-state index in [4.69, 9.17) is 0 Å². The highest BCUT2D eigenvalue weighted by atomic mass is 16.1. The predicted molar refractivity (Wildman–Crippen MR) is 26.4 cm³/mol. The predicted octanol–water partition coefficient (Wildman–Crippen LogP) is 0.186. The number of rotatable bonds is 0. The second-order valence-corrected chi connectivity index (χ2v) is 1.33. The summed E-state index contributed by atoms with van der Waals surface area (Å²) < 4.78 is 0. The van der Waals surface area contributed by atoms with E-state index in [9.17, 15) is 4.79 Å². The van der Waals surface area contributed by atoms with Crippen molar-refractivity contribution in [2.45, 2.75) is 0 Å². The highest BCUT2D eigenvalue weighted by molar-refractivity contribution is 5.98. The maximum atomic E-state index is 10.3. The van der Waals surface area contributed by atoms with Gasteiger partial charge in [-0.15, -0.1) is 0 Å². The van der Waals surface area contributed by atoms with Crippen molar-refractivity contribution in [1.29, 1.82) is 0 Å². The Morgan fingerprint density at radius 2 is 2.43 bits per heavy atom. The molecule has 1 heterocycles. The van der Waals surface area contributed by atoms with Crippen LogP contribution in [-0.4, -0.2) is 5.91 Å². The van der Waals surface area contributed by atoms with E-state index < -0.39 is 0 Å². The second-order valence-electron chi connectivity index (χ2n) is 1.33. The Labute approximate surface area is 41.5 Å². The molecule has 0 bridgehead atoms. The molecule has 0 aliphatic carbocycles. The third-order valence-corrected chi connectivity index (χ3v) is 0.791. The summed E-state index contributed by atoms with van der Waals surface area (Å²) in [5.41, 5.74) is 0.528. The molecule has 1 aliphatic heterocycles. The number of hydrogen-bond acceptors (Lipinski definition) is 1. The number of carbonyl (C=O) groups excluding carboxylic acids is 1. The summed E-state index contributed by atoms with van der Waals surface area (Å²) in [5, 5.41) is 2.45. The number of hydrogen-bond donors (Lipinski definition) is 1. The fourth-order valence-corrected chi connectivity index (χ4v) is 0.386. The summed E-state index contributed by atoms with van der Waals surface area (Å²) in [7, 11) is 0. The van der Waals surface area contributed by atoms with Gasteiger partial charge in [-0.1, -0.05) is 6.58 Å². The molecule has 2 nitrogen and oxygen atoms in total. The summed E-state index contributed by atoms with van der Waals surface area (Å²) in [4.78, 5) is 10.3. The van der Waals surface area contributed by atoms with Gasteiger partial charge >= 0.3 is 0 Å². The van der Waals surface area contributed by atoms with Crippen molar-refractivity contribution in [3.63, 3.8) is 0 Å². The minimum absolute atomic E-state index is 0.0972. The van der Waals surface area contributed by atoms with Crippen molar-refractivity contribution in [2.75, 3.05) is 0 Å². The molecule has 0 radical (unpaired) electrons. The number of amides is 1. The highest BCUT2D eigenvalue weighted by Crippen LogP contribution is 1.96. The second kappa shape index (κ2) is 1.22. The molecular weight excluding hydrogens is 90.1 g/mol. The molecule has 0 fully saturated rings. The van der Waals surface area contributed by atoms with Crippen LogP contribution in [0.5, 0.6) is 0 Å². The Morgan fingerprint density at radius 1 is 1.71 bits per heavy atom. The van der Waals surface area contributed by atoms with Gasteiger partial charge in [0.25, 0.3) is 5.91 Å². The van der Waals surface area contributed by atoms with Gasteiger partial charge in [0.15, 0.2) is 0 Å². The van der Waals surface area contributed by atoms with Gasteiger partial charge in [0.1, 0.15) is 0 Å². The molecule has 7 heavy (non-hydrogen) atoms. The summed E-state index contributed by atoms with van der Waals surface area (Å²) in [6.07, 6.45) is 3.22.